The highest BCUT2D eigenvalue weighted by Crippen LogP contribution is 2.21. The second-order valence-corrected chi connectivity index (χ2v) is 10.6. The van der Waals surface area contributed by atoms with Crippen LogP contribution in [-0.2, 0) is 29.0 Å². The van der Waals surface area contributed by atoms with Crippen molar-refractivity contribution in [3.8, 4) is 5.75 Å². The molecule has 0 unspecified atom stereocenters. The Hall–Kier alpha value is -2.62. The standard InChI is InChI=1S/C29H40FN3O4S/c1-3-20-7-6-8-22(15-20)18-31-19-26(34)25-17-21-10-11-27(23(30)16-21)37-13-5-4-9-28(35)32-24(12-14-38-2)29(36)33-25/h6-8,10-11,15-16,24-26,31,34H,3-5,9,12-14,17-19H2,1-2H3,(H,32,35)(H,33,36)/t24-,25-,26+/m0/s1. The van der Waals surface area contributed by atoms with Crippen molar-refractivity contribution < 1.29 is 23.8 Å². The quantitative estimate of drug-likeness (QED) is 0.386. The maximum absolute atomic E-state index is 14.7. The summed E-state index contributed by atoms with van der Waals surface area (Å²) < 4.78 is 20.3. The SMILES string of the molecule is CCc1cccc(CNC[C@@H](O)[C@@H]2Cc3ccc(c(F)c3)OCCCCC(=O)N[C@@H](CCSC)C(=O)N2)c1. The Bertz CT molecular complexity index is 1050. The summed E-state index contributed by atoms with van der Waals surface area (Å²) in [5, 5.41) is 20.2. The average molecular weight is 546 g/mol. The van der Waals surface area contributed by atoms with Crippen molar-refractivity contribution in [3.63, 3.8) is 0 Å². The van der Waals surface area contributed by atoms with Crippen LogP contribution in [0.5, 0.6) is 5.75 Å². The van der Waals surface area contributed by atoms with Crippen LogP contribution in [0.15, 0.2) is 42.5 Å². The number of aryl methyl sites for hydroxylation is 1. The molecule has 0 saturated carbocycles. The lowest BCUT2D eigenvalue weighted by Crippen LogP contribution is -2.55. The van der Waals surface area contributed by atoms with Crippen LogP contribution in [-0.4, -0.2) is 60.3 Å². The third-order valence-electron chi connectivity index (χ3n) is 6.64. The van der Waals surface area contributed by atoms with Gasteiger partial charge in [0, 0.05) is 19.5 Å². The number of aliphatic hydroxyl groups is 1. The summed E-state index contributed by atoms with van der Waals surface area (Å²) in [6.07, 6.45) is 4.06. The van der Waals surface area contributed by atoms with Gasteiger partial charge in [0.25, 0.3) is 0 Å². The molecule has 2 aromatic rings. The first-order valence-corrected chi connectivity index (χ1v) is 14.8. The van der Waals surface area contributed by atoms with Crippen LogP contribution in [0.3, 0.4) is 0 Å². The zero-order valence-electron chi connectivity index (χ0n) is 22.3. The fourth-order valence-electron chi connectivity index (χ4n) is 4.42. The van der Waals surface area contributed by atoms with Crippen LogP contribution in [0.4, 0.5) is 4.39 Å². The lowest BCUT2D eigenvalue weighted by atomic mass is 9.99. The summed E-state index contributed by atoms with van der Waals surface area (Å²) in [6, 6.07) is 11.6. The van der Waals surface area contributed by atoms with E-state index in [0.29, 0.717) is 43.7 Å². The molecule has 2 aliphatic heterocycles. The molecule has 2 aliphatic rings. The second kappa shape index (κ2) is 15.7. The van der Waals surface area contributed by atoms with E-state index in [2.05, 4.69) is 35.0 Å². The molecule has 2 heterocycles. The number of rotatable bonds is 9. The van der Waals surface area contributed by atoms with Crippen LogP contribution < -0.4 is 20.7 Å². The van der Waals surface area contributed by atoms with Crippen molar-refractivity contribution >= 4 is 23.6 Å². The average Bonchev–Trinajstić information content (AvgIpc) is 2.91. The monoisotopic (exact) mass is 545 g/mol. The van der Waals surface area contributed by atoms with Crippen LogP contribution in [0.1, 0.15) is 49.3 Å². The number of ether oxygens (including phenoxy) is 1. The van der Waals surface area contributed by atoms with Gasteiger partial charge in [-0.05, 0) is 72.9 Å². The summed E-state index contributed by atoms with van der Waals surface area (Å²) >= 11 is 1.59. The van der Waals surface area contributed by atoms with E-state index in [4.69, 9.17) is 4.74 Å². The van der Waals surface area contributed by atoms with Crippen molar-refractivity contribution in [1.82, 2.24) is 16.0 Å². The van der Waals surface area contributed by atoms with E-state index in [1.54, 1.807) is 23.9 Å². The van der Waals surface area contributed by atoms with Crippen LogP contribution in [0.25, 0.3) is 0 Å². The Morgan fingerprint density at radius 3 is 2.74 bits per heavy atom. The Balaban J connectivity index is 1.77. The van der Waals surface area contributed by atoms with E-state index in [0.717, 1.165) is 12.0 Å². The lowest BCUT2D eigenvalue weighted by Gasteiger charge is -2.28. The fourth-order valence-corrected chi connectivity index (χ4v) is 4.89. The number of halogens is 1. The number of amides is 2. The minimum absolute atomic E-state index is 0.152. The van der Waals surface area contributed by atoms with E-state index in [1.165, 1.54) is 11.6 Å². The lowest BCUT2D eigenvalue weighted by molar-refractivity contribution is -0.130. The summed E-state index contributed by atoms with van der Waals surface area (Å²) in [7, 11) is 0. The molecule has 0 radical (unpaired) electrons. The molecule has 2 bridgehead atoms. The van der Waals surface area contributed by atoms with Gasteiger partial charge in [-0.3, -0.25) is 9.59 Å². The number of aliphatic hydroxyl groups excluding tert-OH is 1. The Kier molecular flexibility index (Phi) is 12.4. The van der Waals surface area contributed by atoms with Crippen molar-refractivity contribution in [2.45, 2.75) is 70.2 Å². The topological polar surface area (TPSA) is 99.7 Å². The van der Waals surface area contributed by atoms with Gasteiger partial charge in [0.05, 0.1) is 18.8 Å². The number of thioether (sulfide) groups is 1. The number of carbonyl (C=O) groups is 2. The first-order valence-electron chi connectivity index (χ1n) is 13.4. The second-order valence-electron chi connectivity index (χ2n) is 9.66. The fraction of sp³-hybridized carbons (Fsp3) is 0.517. The molecule has 0 aliphatic carbocycles. The largest absolute Gasteiger partial charge is 0.491 e. The van der Waals surface area contributed by atoms with Crippen LogP contribution in [0.2, 0.25) is 0 Å². The van der Waals surface area contributed by atoms with Gasteiger partial charge < -0.3 is 25.8 Å². The van der Waals surface area contributed by atoms with Crippen molar-refractivity contribution in [3.05, 3.63) is 65.0 Å². The smallest absolute Gasteiger partial charge is 0.242 e. The third-order valence-corrected chi connectivity index (χ3v) is 7.29. The van der Waals surface area contributed by atoms with Crippen LogP contribution in [0, 0.1) is 5.82 Å². The highest BCUT2D eigenvalue weighted by molar-refractivity contribution is 7.98. The van der Waals surface area contributed by atoms with E-state index in [1.807, 2.05) is 18.4 Å². The summed E-state index contributed by atoms with van der Waals surface area (Å²) in [4.78, 5) is 25.8. The molecule has 38 heavy (non-hydrogen) atoms. The van der Waals surface area contributed by atoms with Gasteiger partial charge in [0.2, 0.25) is 11.8 Å². The number of carbonyl (C=O) groups excluding carboxylic acids is 2. The zero-order chi connectivity index (χ0) is 27.3. The molecule has 0 saturated heterocycles. The molecule has 9 heteroatoms. The van der Waals surface area contributed by atoms with Gasteiger partial charge in [-0.1, -0.05) is 37.3 Å². The summed E-state index contributed by atoms with van der Waals surface area (Å²) in [6.45, 7) is 3.20. The van der Waals surface area contributed by atoms with Crippen LogP contribution >= 0.6 is 11.8 Å². The van der Waals surface area contributed by atoms with Gasteiger partial charge in [-0.2, -0.15) is 11.8 Å². The van der Waals surface area contributed by atoms with E-state index in [9.17, 15) is 19.1 Å². The number of hydrogen-bond acceptors (Lipinski definition) is 6. The minimum Gasteiger partial charge on any atom is -0.491 e. The molecule has 208 valence electrons. The molecule has 4 rings (SSSR count). The Morgan fingerprint density at radius 2 is 1.97 bits per heavy atom. The van der Waals surface area contributed by atoms with Gasteiger partial charge in [-0.15, -0.1) is 0 Å². The highest BCUT2D eigenvalue weighted by Gasteiger charge is 2.27. The number of hydrogen-bond donors (Lipinski definition) is 4. The third kappa shape index (κ3) is 9.60. The minimum atomic E-state index is -0.942. The predicted octanol–water partition coefficient (Wildman–Crippen LogP) is 3.37. The first kappa shape index (κ1) is 29.9. The molecular formula is C29H40FN3O4S. The van der Waals surface area contributed by atoms with E-state index in [-0.39, 0.29) is 37.0 Å². The molecule has 2 amide bonds. The summed E-state index contributed by atoms with van der Waals surface area (Å²) in [5.41, 5.74) is 2.98. The van der Waals surface area contributed by atoms with E-state index >= 15 is 0 Å². The predicted molar refractivity (Wildman–Crippen MR) is 150 cm³/mol. The number of benzene rings is 2. The molecule has 7 nitrogen and oxygen atoms in total. The maximum atomic E-state index is 14.7. The number of fused-ring (bicyclic) bond motifs is 13. The molecule has 0 spiro atoms. The molecular weight excluding hydrogens is 505 g/mol. The first-order chi connectivity index (χ1) is 18.4. The van der Waals surface area contributed by atoms with Gasteiger partial charge in [0.1, 0.15) is 6.04 Å². The number of nitrogens with one attached hydrogen (secondary N) is 3. The Labute approximate surface area is 229 Å². The summed E-state index contributed by atoms with van der Waals surface area (Å²) in [5.74, 6) is -0.191. The molecule has 4 N–H and O–H groups in total. The normalized spacial score (nSPS) is 19.9. The molecule has 2 aromatic carbocycles. The van der Waals surface area contributed by atoms with Gasteiger partial charge >= 0.3 is 0 Å². The van der Waals surface area contributed by atoms with Gasteiger partial charge in [-0.25, -0.2) is 4.39 Å². The Morgan fingerprint density at radius 1 is 1.16 bits per heavy atom. The maximum Gasteiger partial charge on any atom is 0.242 e. The molecule has 0 aromatic heterocycles. The molecule has 0 fully saturated rings. The zero-order valence-corrected chi connectivity index (χ0v) is 23.1. The van der Waals surface area contributed by atoms with Crippen molar-refractivity contribution in [2.75, 3.05) is 25.2 Å². The highest BCUT2D eigenvalue weighted by atomic mass is 32.2. The molecule has 3 atom stereocenters. The van der Waals surface area contributed by atoms with Crippen molar-refractivity contribution in [1.29, 1.82) is 0 Å². The van der Waals surface area contributed by atoms with Crippen molar-refractivity contribution in [2.24, 2.45) is 0 Å². The van der Waals surface area contributed by atoms with Gasteiger partial charge in [0.15, 0.2) is 11.6 Å². The van der Waals surface area contributed by atoms with E-state index < -0.39 is 24.0 Å².